The van der Waals surface area contributed by atoms with E-state index in [0.29, 0.717) is 0 Å². The van der Waals surface area contributed by atoms with Gasteiger partial charge >= 0.3 is 0 Å². The molecule has 62 valence electrons. The van der Waals surface area contributed by atoms with Crippen LogP contribution in [0.15, 0.2) is 0 Å². The van der Waals surface area contributed by atoms with E-state index in [4.69, 9.17) is 39.9 Å². The molecule has 0 radical (unpaired) electrons. The fourth-order valence-corrected chi connectivity index (χ4v) is 0.847. The van der Waals surface area contributed by atoms with Crippen LogP contribution in [0.4, 0.5) is 0 Å². The van der Waals surface area contributed by atoms with Gasteiger partial charge in [-0.15, -0.1) is 0 Å². The molecule has 10 heavy (non-hydrogen) atoms. The molecule has 0 aromatic heterocycles. The highest BCUT2D eigenvalue weighted by Gasteiger charge is 2.21. The van der Waals surface area contributed by atoms with Crippen molar-refractivity contribution < 1.29 is 9.90 Å². The van der Waals surface area contributed by atoms with Crippen LogP contribution >= 0.6 is 34.8 Å². The number of aliphatic hydroxyl groups excluding tert-OH is 1. The summed E-state index contributed by atoms with van der Waals surface area (Å²) in [5.41, 5.74) is 0. The Morgan fingerprint density at radius 3 is 1.70 bits per heavy atom. The van der Waals surface area contributed by atoms with Crippen LogP contribution in [0.5, 0.6) is 0 Å². The average Bonchev–Trinajstić information content (AvgIpc) is 1.64. The van der Waals surface area contributed by atoms with Gasteiger partial charge in [0.2, 0.25) is 0 Å². The molecule has 2 nitrogen and oxygen atoms in total. The molecule has 0 saturated carbocycles. The van der Waals surface area contributed by atoms with Gasteiger partial charge in [-0.25, -0.2) is 0 Å². The van der Waals surface area contributed by atoms with Gasteiger partial charge in [0, 0.05) is 7.11 Å². The molecule has 0 aliphatic carbocycles. The zero-order valence-corrected chi connectivity index (χ0v) is 7.96. The zero-order valence-electron chi connectivity index (χ0n) is 5.70. The number of aliphatic hydroxyl groups is 1. The average molecular weight is 207 g/mol. The van der Waals surface area contributed by atoms with E-state index in [2.05, 4.69) is 0 Å². The Kier molecular flexibility index (Phi) is 8.17. The third kappa shape index (κ3) is 15.8. The number of alkyl halides is 3. The third-order valence-corrected chi connectivity index (χ3v) is 0.850. The second kappa shape index (κ2) is 6.23. The van der Waals surface area contributed by atoms with Gasteiger partial charge in [0.15, 0.2) is 3.79 Å². The number of ketones is 1. The predicted molar refractivity (Wildman–Crippen MR) is 43.7 cm³/mol. The first kappa shape index (κ1) is 13.1. The Morgan fingerprint density at radius 2 is 1.70 bits per heavy atom. The lowest BCUT2D eigenvalue weighted by atomic mass is 10.3. The van der Waals surface area contributed by atoms with Crippen LogP contribution in [0.1, 0.15) is 13.3 Å². The summed E-state index contributed by atoms with van der Waals surface area (Å²) in [4.78, 5) is 10.2. The smallest absolute Gasteiger partial charge is 0.197 e. The maximum absolute atomic E-state index is 10.2. The fourth-order valence-electron chi connectivity index (χ4n) is 0.282. The summed E-state index contributed by atoms with van der Waals surface area (Å²) in [5, 5.41) is 7.00. The lowest BCUT2D eigenvalue weighted by molar-refractivity contribution is -0.116. The number of rotatable bonds is 1. The number of carbonyl (C=O) groups is 1. The lowest BCUT2D eigenvalue weighted by Gasteiger charge is -2.05. The first-order chi connectivity index (χ1) is 4.42. The van der Waals surface area contributed by atoms with Crippen molar-refractivity contribution in [2.45, 2.75) is 17.1 Å². The molecular weight excluding hydrogens is 198 g/mol. The topological polar surface area (TPSA) is 37.3 Å². The third-order valence-electron chi connectivity index (χ3n) is 0.449. The summed E-state index contributed by atoms with van der Waals surface area (Å²) < 4.78 is -1.41. The number of halogens is 3. The van der Waals surface area contributed by atoms with Gasteiger partial charge in [-0.05, 0) is 6.92 Å². The molecule has 0 unspecified atom stereocenters. The maximum Gasteiger partial charge on any atom is 0.197 e. The quantitative estimate of drug-likeness (QED) is 0.667. The summed E-state index contributed by atoms with van der Waals surface area (Å²) in [7, 11) is 1.00. The summed E-state index contributed by atoms with van der Waals surface area (Å²) in [6, 6.07) is 0. The molecule has 0 aromatic rings. The standard InChI is InChI=1S/C4H5Cl3O.CH4O/c1-3(8)2-4(5,6)7;1-2/h2H2,1H3;2H,1H3. The van der Waals surface area contributed by atoms with Crippen LogP contribution < -0.4 is 0 Å². The van der Waals surface area contributed by atoms with Crippen LogP contribution in [0.3, 0.4) is 0 Å². The Labute approximate surface area is 75.1 Å². The fraction of sp³-hybridized carbons (Fsp3) is 0.800. The van der Waals surface area contributed by atoms with Crippen molar-refractivity contribution >= 4 is 40.6 Å². The molecule has 0 spiro atoms. The van der Waals surface area contributed by atoms with Gasteiger partial charge in [-0.1, -0.05) is 34.8 Å². The second-order valence-electron chi connectivity index (χ2n) is 1.49. The molecule has 0 atom stereocenters. The molecule has 0 bridgehead atoms. The van der Waals surface area contributed by atoms with Crippen LogP contribution in [0, 0.1) is 0 Å². The van der Waals surface area contributed by atoms with E-state index in [1.165, 1.54) is 6.92 Å². The normalized spacial score (nSPS) is 9.80. The van der Waals surface area contributed by atoms with Crippen LogP contribution in [0.25, 0.3) is 0 Å². The first-order valence-corrected chi connectivity index (χ1v) is 3.56. The molecule has 0 fully saturated rings. The minimum Gasteiger partial charge on any atom is -0.400 e. The van der Waals surface area contributed by atoms with Crippen LogP contribution in [0.2, 0.25) is 0 Å². The van der Waals surface area contributed by atoms with Gasteiger partial charge in [0.1, 0.15) is 5.78 Å². The molecular formula is C5H9Cl3O2. The SMILES string of the molecule is CC(=O)CC(Cl)(Cl)Cl.CO. The van der Waals surface area contributed by atoms with Gasteiger partial charge in [-0.3, -0.25) is 4.79 Å². The van der Waals surface area contributed by atoms with Crippen molar-refractivity contribution in [2.75, 3.05) is 7.11 Å². The molecule has 0 aliphatic rings. The second-order valence-corrected chi connectivity index (χ2v) is 4.01. The minimum absolute atomic E-state index is 0.0162. The largest absolute Gasteiger partial charge is 0.400 e. The highest BCUT2D eigenvalue weighted by molar-refractivity contribution is 6.68. The molecule has 0 aliphatic heterocycles. The summed E-state index contributed by atoms with van der Waals surface area (Å²) in [6.45, 7) is 1.38. The molecule has 5 heteroatoms. The highest BCUT2D eigenvalue weighted by Crippen LogP contribution is 2.29. The van der Waals surface area contributed by atoms with Crippen LogP contribution in [-0.4, -0.2) is 21.8 Å². The first-order valence-electron chi connectivity index (χ1n) is 2.43. The number of Topliss-reactive ketones (excluding diaryl/α,β-unsaturated/α-hetero) is 1. The number of hydrogen-bond acceptors (Lipinski definition) is 2. The molecule has 0 amide bonds. The van der Waals surface area contributed by atoms with Gasteiger partial charge in [0.25, 0.3) is 0 Å². The van der Waals surface area contributed by atoms with Crippen LogP contribution in [-0.2, 0) is 4.79 Å². The highest BCUT2D eigenvalue weighted by atomic mass is 35.6. The monoisotopic (exact) mass is 206 g/mol. The summed E-state index contributed by atoms with van der Waals surface area (Å²) in [5.74, 6) is -0.120. The Balaban J connectivity index is 0. The van der Waals surface area contributed by atoms with E-state index in [9.17, 15) is 4.79 Å². The van der Waals surface area contributed by atoms with E-state index in [1.807, 2.05) is 0 Å². The number of hydrogen-bond donors (Lipinski definition) is 1. The van der Waals surface area contributed by atoms with Crippen molar-refractivity contribution in [1.82, 2.24) is 0 Å². The van der Waals surface area contributed by atoms with E-state index in [0.717, 1.165) is 7.11 Å². The maximum atomic E-state index is 10.2. The van der Waals surface area contributed by atoms with E-state index in [-0.39, 0.29) is 12.2 Å². The molecule has 0 heterocycles. The van der Waals surface area contributed by atoms with Crippen molar-refractivity contribution in [3.8, 4) is 0 Å². The van der Waals surface area contributed by atoms with E-state index in [1.54, 1.807) is 0 Å². The molecule has 0 aromatic carbocycles. The minimum atomic E-state index is -1.41. The molecule has 1 N–H and O–H groups in total. The number of carbonyl (C=O) groups excluding carboxylic acids is 1. The van der Waals surface area contributed by atoms with Crippen molar-refractivity contribution in [3.63, 3.8) is 0 Å². The van der Waals surface area contributed by atoms with Crippen molar-refractivity contribution in [3.05, 3.63) is 0 Å². The van der Waals surface area contributed by atoms with Gasteiger partial charge < -0.3 is 5.11 Å². The van der Waals surface area contributed by atoms with E-state index < -0.39 is 3.79 Å². The lowest BCUT2D eigenvalue weighted by Crippen LogP contribution is -2.07. The molecule has 0 rings (SSSR count). The van der Waals surface area contributed by atoms with Crippen molar-refractivity contribution in [1.29, 1.82) is 0 Å². The van der Waals surface area contributed by atoms with Gasteiger partial charge in [-0.2, -0.15) is 0 Å². The van der Waals surface area contributed by atoms with E-state index >= 15 is 0 Å². The Morgan fingerprint density at radius 1 is 1.40 bits per heavy atom. The Bertz CT molecular complexity index is 97.6. The zero-order chi connectivity index (χ0) is 8.78. The summed E-state index contributed by atoms with van der Waals surface area (Å²) >= 11 is 15.7. The predicted octanol–water partition coefficient (Wildman–Crippen LogP) is 1.94. The summed E-state index contributed by atoms with van der Waals surface area (Å²) in [6.07, 6.45) is -0.0162. The Hall–Kier alpha value is 0.500. The van der Waals surface area contributed by atoms with Gasteiger partial charge in [0.05, 0.1) is 6.42 Å². The van der Waals surface area contributed by atoms with Crippen molar-refractivity contribution in [2.24, 2.45) is 0 Å². The molecule has 0 saturated heterocycles.